The van der Waals surface area contributed by atoms with E-state index in [-0.39, 0.29) is 6.42 Å². The summed E-state index contributed by atoms with van der Waals surface area (Å²) in [6, 6.07) is 9.68. The van der Waals surface area contributed by atoms with Crippen molar-refractivity contribution in [3.63, 3.8) is 0 Å². The lowest BCUT2D eigenvalue weighted by atomic mass is 10.1. The Balaban J connectivity index is 1.95. The number of ether oxygens (including phenoxy) is 1. The molecule has 0 saturated heterocycles. The van der Waals surface area contributed by atoms with E-state index < -0.39 is 12.1 Å². The number of unbranched alkanes of at least 4 members (excludes halogenated alkanes) is 2. The van der Waals surface area contributed by atoms with Gasteiger partial charge in [-0.2, -0.15) is 0 Å². The highest BCUT2D eigenvalue weighted by Crippen LogP contribution is 2.11. The summed E-state index contributed by atoms with van der Waals surface area (Å²) in [4.78, 5) is 10.3. The number of carbonyl (C=O) groups is 1. The third-order valence-electron chi connectivity index (χ3n) is 2.89. The van der Waals surface area contributed by atoms with Crippen molar-refractivity contribution in [2.24, 2.45) is 0 Å². The first-order chi connectivity index (χ1) is 9.18. The van der Waals surface area contributed by atoms with Crippen LogP contribution < -0.4 is 4.74 Å². The van der Waals surface area contributed by atoms with Crippen LogP contribution in [0.15, 0.2) is 30.3 Å². The molecule has 0 amide bonds. The van der Waals surface area contributed by atoms with Crippen LogP contribution in [0.25, 0.3) is 0 Å². The molecule has 0 heterocycles. The monoisotopic (exact) mass is 266 g/mol. The second-order valence-corrected chi connectivity index (χ2v) is 4.60. The summed E-state index contributed by atoms with van der Waals surface area (Å²) < 4.78 is 5.55. The van der Waals surface area contributed by atoms with Crippen molar-refractivity contribution >= 4 is 5.97 Å². The molecule has 1 aromatic carbocycles. The molecule has 0 aromatic heterocycles. The van der Waals surface area contributed by atoms with E-state index in [4.69, 9.17) is 9.84 Å². The maximum atomic E-state index is 10.3. The molecule has 1 unspecified atom stereocenters. The second-order valence-electron chi connectivity index (χ2n) is 4.60. The fourth-order valence-electron chi connectivity index (χ4n) is 1.80. The van der Waals surface area contributed by atoms with Crippen molar-refractivity contribution in [3.8, 4) is 5.75 Å². The Kier molecular flexibility index (Phi) is 7.66. The lowest BCUT2D eigenvalue weighted by Crippen LogP contribution is -2.09. The zero-order valence-corrected chi connectivity index (χ0v) is 11.1. The number of aliphatic hydroxyl groups is 1. The second kappa shape index (κ2) is 9.39. The number of para-hydroxylation sites is 1. The Morgan fingerprint density at radius 2 is 1.84 bits per heavy atom. The minimum Gasteiger partial charge on any atom is -0.494 e. The van der Waals surface area contributed by atoms with Crippen molar-refractivity contribution in [2.75, 3.05) is 6.61 Å². The van der Waals surface area contributed by atoms with Gasteiger partial charge in [0.15, 0.2) is 0 Å². The smallest absolute Gasteiger partial charge is 0.303 e. The predicted octanol–water partition coefficient (Wildman–Crippen LogP) is 2.85. The number of carboxylic acids is 1. The number of aliphatic carboxylic acids is 1. The third-order valence-corrected chi connectivity index (χ3v) is 2.89. The molecular weight excluding hydrogens is 244 g/mol. The zero-order chi connectivity index (χ0) is 13.9. The summed E-state index contributed by atoms with van der Waals surface area (Å²) in [5.74, 6) is 0.0271. The average Bonchev–Trinajstić information content (AvgIpc) is 2.41. The summed E-state index contributed by atoms with van der Waals surface area (Å²) in [5.41, 5.74) is 0. The highest BCUT2D eigenvalue weighted by Gasteiger charge is 2.06. The molecule has 0 aliphatic carbocycles. The van der Waals surface area contributed by atoms with Crippen LogP contribution in [0.5, 0.6) is 5.75 Å². The maximum absolute atomic E-state index is 10.3. The quantitative estimate of drug-likeness (QED) is 0.639. The Hall–Kier alpha value is -1.55. The number of aliphatic hydroxyl groups excluding tert-OH is 1. The van der Waals surface area contributed by atoms with Gasteiger partial charge in [-0.15, -0.1) is 0 Å². The number of rotatable bonds is 10. The Labute approximate surface area is 114 Å². The van der Waals surface area contributed by atoms with Gasteiger partial charge >= 0.3 is 5.97 Å². The zero-order valence-electron chi connectivity index (χ0n) is 11.1. The Morgan fingerprint density at radius 1 is 1.11 bits per heavy atom. The minimum absolute atomic E-state index is 0.0400. The standard InChI is InChI=1S/C15H22O4/c16-13(10-11-15(17)18)7-3-2-6-12-19-14-8-4-1-5-9-14/h1,4-5,8-9,13,16H,2-3,6-7,10-12H2,(H,17,18). The van der Waals surface area contributed by atoms with Crippen LogP contribution >= 0.6 is 0 Å². The lowest BCUT2D eigenvalue weighted by Gasteiger charge is -2.09. The van der Waals surface area contributed by atoms with E-state index in [1.165, 1.54) is 0 Å². The molecule has 0 radical (unpaired) electrons. The van der Waals surface area contributed by atoms with Gasteiger partial charge in [-0.05, 0) is 37.8 Å². The molecule has 0 bridgehead atoms. The fraction of sp³-hybridized carbons (Fsp3) is 0.533. The summed E-state index contributed by atoms with van der Waals surface area (Å²) in [5, 5.41) is 18.0. The van der Waals surface area contributed by atoms with Crippen molar-refractivity contribution in [1.29, 1.82) is 0 Å². The molecule has 106 valence electrons. The van der Waals surface area contributed by atoms with Crippen LogP contribution in [0.1, 0.15) is 38.5 Å². The summed E-state index contributed by atoms with van der Waals surface area (Å²) in [6.45, 7) is 0.676. The van der Waals surface area contributed by atoms with E-state index in [0.717, 1.165) is 25.0 Å². The van der Waals surface area contributed by atoms with Crippen molar-refractivity contribution < 1.29 is 19.7 Å². The minimum atomic E-state index is -0.852. The van der Waals surface area contributed by atoms with Gasteiger partial charge in [-0.25, -0.2) is 0 Å². The normalized spacial score (nSPS) is 12.1. The molecule has 2 N–H and O–H groups in total. The molecule has 1 rings (SSSR count). The highest BCUT2D eigenvalue weighted by molar-refractivity contribution is 5.66. The molecule has 0 spiro atoms. The summed E-state index contributed by atoms with van der Waals surface area (Å²) in [7, 11) is 0. The van der Waals surface area contributed by atoms with Crippen molar-refractivity contribution in [1.82, 2.24) is 0 Å². The van der Waals surface area contributed by atoms with Gasteiger partial charge in [0.2, 0.25) is 0 Å². The van der Waals surface area contributed by atoms with Crippen LogP contribution in [-0.2, 0) is 4.79 Å². The van der Waals surface area contributed by atoms with Crippen LogP contribution in [0.4, 0.5) is 0 Å². The molecule has 1 atom stereocenters. The lowest BCUT2D eigenvalue weighted by molar-refractivity contribution is -0.137. The Morgan fingerprint density at radius 3 is 2.53 bits per heavy atom. The van der Waals surface area contributed by atoms with Crippen molar-refractivity contribution in [2.45, 2.75) is 44.6 Å². The topological polar surface area (TPSA) is 66.8 Å². The molecule has 4 heteroatoms. The van der Waals surface area contributed by atoms with Gasteiger partial charge in [0, 0.05) is 6.42 Å². The number of hydrogen-bond donors (Lipinski definition) is 2. The van der Waals surface area contributed by atoms with E-state index in [0.29, 0.717) is 19.4 Å². The van der Waals surface area contributed by atoms with Gasteiger partial charge in [-0.1, -0.05) is 24.6 Å². The van der Waals surface area contributed by atoms with Gasteiger partial charge in [0.25, 0.3) is 0 Å². The first kappa shape index (κ1) is 15.5. The highest BCUT2D eigenvalue weighted by atomic mass is 16.5. The van der Waals surface area contributed by atoms with E-state index in [9.17, 15) is 9.90 Å². The van der Waals surface area contributed by atoms with E-state index in [1.807, 2.05) is 30.3 Å². The molecule has 1 aromatic rings. The first-order valence-corrected chi connectivity index (χ1v) is 6.76. The van der Waals surface area contributed by atoms with Gasteiger partial charge in [0.05, 0.1) is 12.7 Å². The number of benzene rings is 1. The van der Waals surface area contributed by atoms with Crippen molar-refractivity contribution in [3.05, 3.63) is 30.3 Å². The number of carboxylic acid groups (broad SMARTS) is 1. The van der Waals surface area contributed by atoms with Gasteiger partial charge in [-0.3, -0.25) is 4.79 Å². The SMILES string of the molecule is O=C(O)CCC(O)CCCCCOc1ccccc1. The molecular formula is C15H22O4. The van der Waals surface area contributed by atoms with E-state index in [1.54, 1.807) is 0 Å². The molecule has 0 aliphatic heterocycles. The molecule has 0 aliphatic rings. The van der Waals surface area contributed by atoms with Gasteiger partial charge in [0.1, 0.15) is 5.75 Å². The summed E-state index contributed by atoms with van der Waals surface area (Å²) in [6.07, 6.45) is 3.38. The molecule has 4 nitrogen and oxygen atoms in total. The molecule has 0 saturated carbocycles. The largest absolute Gasteiger partial charge is 0.494 e. The average molecular weight is 266 g/mol. The van der Waals surface area contributed by atoms with Crippen LogP contribution in [0.3, 0.4) is 0 Å². The van der Waals surface area contributed by atoms with E-state index >= 15 is 0 Å². The summed E-state index contributed by atoms with van der Waals surface area (Å²) >= 11 is 0. The Bertz CT molecular complexity index is 350. The van der Waals surface area contributed by atoms with Gasteiger partial charge < -0.3 is 14.9 Å². The molecule has 19 heavy (non-hydrogen) atoms. The predicted molar refractivity (Wildman–Crippen MR) is 73.3 cm³/mol. The number of hydrogen-bond acceptors (Lipinski definition) is 3. The first-order valence-electron chi connectivity index (χ1n) is 6.76. The molecule has 0 fully saturated rings. The maximum Gasteiger partial charge on any atom is 0.303 e. The fourth-order valence-corrected chi connectivity index (χ4v) is 1.80. The van der Waals surface area contributed by atoms with Crippen LogP contribution in [-0.4, -0.2) is 28.9 Å². The van der Waals surface area contributed by atoms with Crippen LogP contribution in [0.2, 0.25) is 0 Å². The van der Waals surface area contributed by atoms with E-state index in [2.05, 4.69) is 0 Å². The third kappa shape index (κ3) is 8.21. The van der Waals surface area contributed by atoms with Crippen LogP contribution in [0, 0.1) is 0 Å².